The second-order valence-corrected chi connectivity index (χ2v) is 25.2. The van der Waals surface area contributed by atoms with Crippen LogP contribution >= 0.6 is 23.2 Å². The predicted molar refractivity (Wildman–Crippen MR) is 362 cm³/mol. The molecule has 6 aromatic carbocycles. The highest BCUT2D eigenvalue weighted by Gasteiger charge is 2.55. The largest absolute Gasteiger partial charge is 0.399 e. The zero-order chi connectivity index (χ0) is 63.0. The Balaban J connectivity index is 0.000000200. The number of aryl methyl sites for hydroxylation is 2. The third-order valence-corrected chi connectivity index (χ3v) is 18.9. The van der Waals surface area contributed by atoms with Gasteiger partial charge in [0.1, 0.15) is 5.78 Å². The van der Waals surface area contributed by atoms with Gasteiger partial charge in [-0.15, -0.1) is 0 Å². The first-order chi connectivity index (χ1) is 40.2. The summed E-state index contributed by atoms with van der Waals surface area (Å²) in [6, 6.07) is 39.1. The summed E-state index contributed by atoms with van der Waals surface area (Å²) in [6.07, 6.45) is 10.1. The Morgan fingerprint density at radius 1 is 0.518 bits per heavy atom. The molecule has 12 N–H and O–H groups in total. The molecule has 0 bridgehead atoms. The molecule has 2 saturated carbocycles. The molecule has 12 nitrogen and oxygen atoms in total. The van der Waals surface area contributed by atoms with Crippen LogP contribution in [0.5, 0.6) is 0 Å². The Bertz CT molecular complexity index is 3140. The summed E-state index contributed by atoms with van der Waals surface area (Å²) in [5.41, 5.74) is 37.1. The van der Waals surface area contributed by atoms with Gasteiger partial charge in [-0.1, -0.05) is 85.6 Å². The van der Waals surface area contributed by atoms with E-state index in [9.17, 15) is 19.2 Å². The van der Waals surface area contributed by atoms with Crippen LogP contribution in [0.2, 0.25) is 0 Å². The highest BCUT2D eigenvalue weighted by molar-refractivity contribution is 6.68. The van der Waals surface area contributed by atoms with Crippen molar-refractivity contribution in [3.63, 3.8) is 0 Å². The van der Waals surface area contributed by atoms with Gasteiger partial charge in [0.05, 0.1) is 0 Å². The van der Waals surface area contributed by atoms with E-state index in [4.69, 9.17) is 46.1 Å². The maximum Gasteiger partial charge on any atom is 0.252 e. The summed E-state index contributed by atoms with van der Waals surface area (Å²) in [7, 11) is 7.65. The highest BCUT2D eigenvalue weighted by Crippen LogP contribution is 2.59. The first-order valence-electron chi connectivity index (χ1n) is 30.1. The predicted octanol–water partition coefficient (Wildman–Crippen LogP) is 16.6. The topological polar surface area (TPSA) is 220 Å². The molecule has 458 valence electrons. The van der Waals surface area contributed by atoms with Crippen LogP contribution in [-0.4, -0.2) is 50.2 Å². The van der Waals surface area contributed by atoms with E-state index in [1.165, 1.54) is 27.8 Å². The molecular weight excluding hydrogens is 1100 g/mol. The molecule has 6 unspecified atom stereocenters. The van der Waals surface area contributed by atoms with Crippen molar-refractivity contribution in [2.45, 2.75) is 150 Å². The molecule has 0 saturated heterocycles. The highest BCUT2D eigenvalue weighted by atomic mass is 35.5. The minimum absolute atomic E-state index is 0.137. The van der Waals surface area contributed by atoms with Gasteiger partial charge >= 0.3 is 0 Å². The number of nitrogens with two attached hydrogens (primary N) is 4. The number of hydrogen-bond acceptors (Lipinski definition) is 12. The lowest BCUT2D eigenvalue weighted by atomic mass is 9.50. The zero-order valence-electron chi connectivity index (χ0n) is 52.7. The Morgan fingerprint density at radius 2 is 1.00 bits per heavy atom. The number of halogens is 2. The molecule has 0 aromatic heterocycles. The number of hydrogen-bond donors (Lipinski definition) is 8. The fourth-order valence-corrected chi connectivity index (χ4v) is 13.7. The number of anilines is 8. The fraction of sp³-hybridized carbons (Fsp3) is 0.437. The Hall–Kier alpha value is -7.02. The SMILES string of the molecule is CC(=O)c1cc2c(cc1C(C)C)CCC1C2CCCC1(C)C(C)=O.CC(C)c1cc2c(cc1C(=O)Cl)C1(C)CCCC(C)(C(=O)Cl)C1CC2.CNc1ccc(NC)cc1.CNc1cccc(NC)c1.Nc1ccc(N)cc1.Nc1cccc(N)c1. The van der Waals surface area contributed by atoms with Gasteiger partial charge in [0.2, 0.25) is 5.24 Å². The van der Waals surface area contributed by atoms with Crippen LogP contribution in [-0.2, 0) is 27.8 Å². The number of fused-ring (bicyclic) bond motifs is 6. The molecule has 2 fully saturated rings. The molecule has 0 heterocycles. The van der Waals surface area contributed by atoms with Gasteiger partial charge in [0, 0.05) is 95.6 Å². The van der Waals surface area contributed by atoms with Crippen molar-refractivity contribution in [2.75, 3.05) is 72.4 Å². The molecule has 6 atom stereocenters. The number of nitrogens with one attached hydrogen (secondary N) is 4. The van der Waals surface area contributed by atoms with Gasteiger partial charge in [-0.25, -0.2) is 0 Å². The van der Waals surface area contributed by atoms with E-state index < -0.39 is 10.7 Å². The molecular formula is C71H96Cl2N8O4. The van der Waals surface area contributed by atoms with E-state index in [0.29, 0.717) is 40.5 Å². The van der Waals surface area contributed by atoms with E-state index in [1.807, 2.05) is 89.7 Å². The lowest BCUT2D eigenvalue weighted by Crippen LogP contribution is -2.51. The van der Waals surface area contributed by atoms with Gasteiger partial charge in [-0.2, -0.15) is 0 Å². The fourth-order valence-electron chi connectivity index (χ4n) is 13.3. The van der Waals surface area contributed by atoms with Gasteiger partial charge in [0.15, 0.2) is 5.78 Å². The molecule has 0 radical (unpaired) electrons. The molecule has 10 rings (SSSR count). The molecule has 4 aliphatic rings. The summed E-state index contributed by atoms with van der Waals surface area (Å²) in [6.45, 7) is 18.4. The number of ketones is 2. The monoisotopic (exact) mass is 1190 g/mol. The van der Waals surface area contributed by atoms with E-state index >= 15 is 0 Å². The summed E-state index contributed by atoms with van der Waals surface area (Å²) in [5.74, 6) is 2.18. The zero-order valence-corrected chi connectivity index (χ0v) is 54.2. The van der Waals surface area contributed by atoms with Crippen molar-refractivity contribution < 1.29 is 19.2 Å². The van der Waals surface area contributed by atoms with Crippen molar-refractivity contribution in [1.82, 2.24) is 0 Å². The van der Waals surface area contributed by atoms with Crippen LogP contribution < -0.4 is 44.2 Å². The number of carbonyl (C=O) groups excluding carboxylic acids is 4. The normalized spacial score (nSPS) is 21.3. The van der Waals surface area contributed by atoms with E-state index in [1.54, 1.807) is 56.3 Å². The molecule has 14 heteroatoms. The summed E-state index contributed by atoms with van der Waals surface area (Å²) in [5, 5.41) is 11.6. The van der Waals surface area contributed by atoms with Crippen molar-refractivity contribution in [1.29, 1.82) is 0 Å². The Labute approximate surface area is 517 Å². The third kappa shape index (κ3) is 17.3. The summed E-state index contributed by atoms with van der Waals surface area (Å²) in [4.78, 5) is 48.8. The number of carbonyl (C=O) groups is 4. The molecule has 0 amide bonds. The van der Waals surface area contributed by atoms with Crippen molar-refractivity contribution in [3.8, 4) is 0 Å². The minimum atomic E-state index is -0.492. The van der Waals surface area contributed by atoms with Gasteiger partial charge in [0.25, 0.3) is 5.24 Å². The Morgan fingerprint density at radius 3 is 1.45 bits per heavy atom. The lowest BCUT2D eigenvalue weighted by molar-refractivity contribution is -0.131. The number of benzene rings is 6. The van der Waals surface area contributed by atoms with Crippen LogP contribution in [0, 0.1) is 22.7 Å². The van der Waals surface area contributed by atoms with Crippen LogP contribution in [0.4, 0.5) is 45.5 Å². The second kappa shape index (κ2) is 30.9. The summed E-state index contributed by atoms with van der Waals surface area (Å²) < 4.78 is 0. The maximum atomic E-state index is 12.4. The molecule has 0 aliphatic heterocycles. The third-order valence-electron chi connectivity index (χ3n) is 18.3. The van der Waals surface area contributed by atoms with E-state index in [-0.39, 0.29) is 33.7 Å². The molecule has 4 aliphatic carbocycles. The standard InChI is InChI=1S/C22H30O2.C21H26Cl2O2.2C8H12N2.2C6H8N2/c1-13(2)18-11-16-8-9-21-17(20(16)12-19(18)14(3)23)7-6-10-22(21,5)15(4)24;1-12(2)14-10-13-6-7-17-20(3,16(13)11-15(14)18(22)24)8-5-9-21(17,4)19(23)25;1-9-7-3-5-8(10-2)6-4-7;1-9-7-4-3-5-8(6-7)10-2;7-5-1-2-6(8)4-3-5;7-5-2-1-3-6(8)4-5/h11-13,17,21H,6-10H2,1-5H3;10-12,17H,5-9H2,1-4H3;2*3-6,9-10H,1-2H3;2*1-4H,7-8H2. The summed E-state index contributed by atoms with van der Waals surface area (Å²) >= 11 is 11.9. The average Bonchev–Trinajstić information content (AvgIpc) is 1.72. The number of rotatable bonds is 10. The van der Waals surface area contributed by atoms with Gasteiger partial charge in [-0.05, 0) is 254 Å². The first-order valence-corrected chi connectivity index (χ1v) is 30.8. The van der Waals surface area contributed by atoms with Crippen molar-refractivity contribution in [3.05, 3.63) is 166 Å². The smallest absolute Gasteiger partial charge is 0.252 e. The Kier molecular flexibility index (Phi) is 25.0. The van der Waals surface area contributed by atoms with Crippen LogP contribution in [0.25, 0.3) is 0 Å². The first kappa shape index (κ1) is 68.8. The van der Waals surface area contributed by atoms with E-state index in [0.717, 1.165) is 109 Å². The molecule has 85 heavy (non-hydrogen) atoms. The second-order valence-electron chi connectivity index (χ2n) is 24.5. The molecule has 6 aromatic rings. The maximum absolute atomic E-state index is 12.4. The van der Waals surface area contributed by atoms with Crippen molar-refractivity contribution in [2.24, 2.45) is 22.7 Å². The number of nitrogen functional groups attached to an aromatic ring is 4. The molecule has 0 spiro atoms. The number of Topliss-reactive ketones (excluding diaryl/α,β-unsaturated/α-hetero) is 2. The van der Waals surface area contributed by atoms with Crippen LogP contribution in [0.1, 0.15) is 186 Å². The lowest BCUT2D eigenvalue weighted by Gasteiger charge is -2.54. The van der Waals surface area contributed by atoms with Crippen molar-refractivity contribution >= 4 is 90.8 Å². The van der Waals surface area contributed by atoms with Crippen LogP contribution in [0.15, 0.2) is 121 Å². The average molecular weight is 1200 g/mol. The minimum Gasteiger partial charge on any atom is -0.399 e. The van der Waals surface area contributed by atoms with Crippen LogP contribution in [0.3, 0.4) is 0 Å². The quantitative estimate of drug-likeness (QED) is 0.0365. The van der Waals surface area contributed by atoms with Gasteiger partial charge < -0.3 is 44.2 Å². The van der Waals surface area contributed by atoms with E-state index in [2.05, 4.69) is 87.1 Å². The van der Waals surface area contributed by atoms with Gasteiger partial charge in [-0.3, -0.25) is 19.2 Å².